The summed E-state index contributed by atoms with van der Waals surface area (Å²) in [5, 5.41) is 8.69. The molecule has 0 spiro atoms. The third-order valence-corrected chi connectivity index (χ3v) is 8.16. The monoisotopic (exact) mass is 472 g/mol. The average molecular weight is 473 g/mol. The predicted octanol–water partition coefficient (Wildman–Crippen LogP) is 3.33. The molecule has 168 valence electrons. The number of nitrogens with zero attached hydrogens (tertiary/aromatic N) is 3. The van der Waals surface area contributed by atoms with Crippen LogP contribution in [-0.4, -0.2) is 41.9 Å². The maximum atomic E-state index is 13.5. The summed E-state index contributed by atoms with van der Waals surface area (Å²) >= 11 is 1.54. The molecular weight excluding hydrogens is 448 g/mol. The fourth-order valence-corrected chi connectivity index (χ4v) is 6.06. The average Bonchev–Trinajstić information content (AvgIpc) is 3.46. The van der Waals surface area contributed by atoms with Crippen LogP contribution >= 0.6 is 11.3 Å². The molecule has 1 N–H and O–H groups in total. The van der Waals surface area contributed by atoms with Crippen molar-refractivity contribution in [3.8, 4) is 0 Å². The first-order valence-corrected chi connectivity index (χ1v) is 12.6. The number of carbonyl (C=O) groups excluding carboxylic acids is 1. The molecule has 1 fully saturated rings. The van der Waals surface area contributed by atoms with Crippen molar-refractivity contribution in [2.24, 2.45) is 5.92 Å². The number of hydrogen-bond acceptors (Lipinski definition) is 7. The van der Waals surface area contributed by atoms with Crippen LogP contribution in [-0.2, 0) is 21.4 Å². The predicted molar refractivity (Wildman–Crippen MR) is 122 cm³/mol. The molecule has 1 saturated heterocycles. The highest BCUT2D eigenvalue weighted by Gasteiger charge is 2.36. The van der Waals surface area contributed by atoms with Gasteiger partial charge in [0.05, 0.1) is 18.2 Å². The molecule has 1 aliphatic rings. The minimum Gasteiger partial charge on any atom is -0.355 e. The molecule has 4 rings (SSSR count). The number of carbonyl (C=O) groups is 1. The fraction of sp³-hybridized carbons (Fsp3) is 0.318. The SMILES string of the molecule is Cc1noc(/C=C/c2cccs2)c1S(=O)(=O)N1CCCC(C(=O)NCc2ccccn2)C1. The largest absolute Gasteiger partial charge is 0.355 e. The number of rotatable bonds is 7. The zero-order valence-electron chi connectivity index (χ0n) is 17.6. The van der Waals surface area contributed by atoms with Crippen molar-refractivity contribution in [1.82, 2.24) is 19.8 Å². The Balaban J connectivity index is 1.48. The number of nitrogens with one attached hydrogen (secondary N) is 1. The summed E-state index contributed by atoms with van der Waals surface area (Å²) in [6.45, 7) is 2.39. The Kier molecular flexibility index (Phi) is 6.83. The molecule has 1 unspecified atom stereocenters. The molecule has 1 aliphatic heterocycles. The summed E-state index contributed by atoms with van der Waals surface area (Å²) in [5.41, 5.74) is 1.06. The molecule has 0 radical (unpaired) electrons. The van der Waals surface area contributed by atoms with Crippen molar-refractivity contribution >= 4 is 39.4 Å². The molecule has 0 saturated carbocycles. The summed E-state index contributed by atoms with van der Waals surface area (Å²) < 4.78 is 33.6. The maximum Gasteiger partial charge on any atom is 0.248 e. The minimum absolute atomic E-state index is 0.0554. The molecular formula is C22H24N4O4S2. The van der Waals surface area contributed by atoms with E-state index >= 15 is 0 Å². The zero-order chi connectivity index (χ0) is 22.6. The third kappa shape index (κ3) is 4.98. The van der Waals surface area contributed by atoms with E-state index in [4.69, 9.17) is 4.52 Å². The number of sulfonamides is 1. The van der Waals surface area contributed by atoms with Gasteiger partial charge >= 0.3 is 0 Å². The van der Waals surface area contributed by atoms with Crippen LogP contribution in [0.15, 0.2) is 51.3 Å². The first-order valence-electron chi connectivity index (χ1n) is 10.3. The van der Waals surface area contributed by atoms with E-state index in [0.29, 0.717) is 31.6 Å². The van der Waals surface area contributed by atoms with Gasteiger partial charge in [-0.25, -0.2) is 8.42 Å². The third-order valence-electron chi connectivity index (χ3n) is 5.30. The van der Waals surface area contributed by atoms with E-state index in [1.165, 1.54) is 15.6 Å². The number of piperidine rings is 1. The number of aryl methyl sites for hydroxylation is 1. The fourth-order valence-electron chi connectivity index (χ4n) is 3.67. The summed E-state index contributed by atoms with van der Waals surface area (Å²) in [7, 11) is -3.87. The number of amides is 1. The Morgan fingerprint density at radius 2 is 2.19 bits per heavy atom. The van der Waals surface area contributed by atoms with Crippen molar-refractivity contribution in [3.63, 3.8) is 0 Å². The summed E-state index contributed by atoms with van der Waals surface area (Å²) in [6, 6.07) is 9.34. The standard InChI is InChI=1S/C22H24N4O4S2/c1-16-21(20(30-25-16)10-9-19-8-5-13-31-19)32(28,29)26-12-4-6-17(15-26)22(27)24-14-18-7-2-3-11-23-18/h2-3,5,7-11,13,17H,4,6,12,14-15H2,1H3,(H,24,27)/b10-9+. The molecule has 3 aromatic rings. The van der Waals surface area contributed by atoms with E-state index in [0.717, 1.165) is 10.6 Å². The van der Waals surface area contributed by atoms with E-state index < -0.39 is 15.9 Å². The molecule has 32 heavy (non-hydrogen) atoms. The Bertz CT molecular complexity index is 1190. The van der Waals surface area contributed by atoms with Crippen molar-refractivity contribution in [2.75, 3.05) is 13.1 Å². The molecule has 0 bridgehead atoms. The number of hydrogen-bond donors (Lipinski definition) is 1. The van der Waals surface area contributed by atoms with Crippen LogP contribution in [0, 0.1) is 12.8 Å². The van der Waals surface area contributed by atoms with Crippen LogP contribution in [0.1, 0.15) is 34.9 Å². The van der Waals surface area contributed by atoms with E-state index in [1.807, 2.05) is 35.7 Å². The number of aromatic nitrogens is 2. The van der Waals surface area contributed by atoms with Gasteiger partial charge in [-0.3, -0.25) is 9.78 Å². The van der Waals surface area contributed by atoms with E-state index in [9.17, 15) is 13.2 Å². The van der Waals surface area contributed by atoms with Gasteiger partial charge in [-0.2, -0.15) is 4.31 Å². The van der Waals surface area contributed by atoms with Gasteiger partial charge in [0.2, 0.25) is 15.9 Å². The van der Waals surface area contributed by atoms with Gasteiger partial charge in [0, 0.05) is 24.2 Å². The first-order chi connectivity index (χ1) is 15.4. The Hall–Kier alpha value is -2.82. The maximum absolute atomic E-state index is 13.5. The van der Waals surface area contributed by atoms with E-state index in [-0.39, 0.29) is 23.1 Å². The lowest BCUT2D eigenvalue weighted by molar-refractivity contribution is -0.126. The molecule has 8 nitrogen and oxygen atoms in total. The van der Waals surface area contributed by atoms with Gasteiger partial charge < -0.3 is 9.84 Å². The molecule has 0 aliphatic carbocycles. The van der Waals surface area contributed by atoms with Gasteiger partial charge in [-0.05, 0) is 55.5 Å². The summed E-state index contributed by atoms with van der Waals surface area (Å²) in [4.78, 5) is 17.9. The molecule has 3 aromatic heterocycles. The molecule has 10 heteroatoms. The van der Waals surface area contributed by atoms with Crippen LogP contribution in [0.4, 0.5) is 0 Å². The second-order valence-corrected chi connectivity index (χ2v) is 10.4. The topological polar surface area (TPSA) is 105 Å². The van der Waals surface area contributed by atoms with Crippen LogP contribution in [0.2, 0.25) is 0 Å². The van der Waals surface area contributed by atoms with E-state index in [2.05, 4.69) is 15.5 Å². The lowest BCUT2D eigenvalue weighted by Gasteiger charge is -2.31. The Morgan fingerprint density at radius 3 is 2.94 bits per heavy atom. The zero-order valence-corrected chi connectivity index (χ0v) is 19.2. The van der Waals surface area contributed by atoms with Crippen LogP contribution in [0.5, 0.6) is 0 Å². The van der Waals surface area contributed by atoms with Crippen molar-refractivity contribution in [1.29, 1.82) is 0 Å². The van der Waals surface area contributed by atoms with Gasteiger partial charge in [-0.1, -0.05) is 17.3 Å². The highest BCUT2D eigenvalue weighted by atomic mass is 32.2. The lowest BCUT2D eigenvalue weighted by Crippen LogP contribution is -2.45. The van der Waals surface area contributed by atoms with E-state index in [1.54, 1.807) is 25.3 Å². The van der Waals surface area contributed by atoms with Crippen molar-refractivity contribution < 1.29 is 17.7 Å². The second-order valence-electron chi connectivity index (χ2n) is 7.55. The Labute approximate surface area is 191 Å². The summed E-state index contributed by atoms with van der Waals surface area (Å²) in [5.74, 6) is -0.402. The van der Waals surface area contributed by atoms with Gasteiger partial charge in [0.25, 0.3) is 0 Å². The molecule has 0 aromatic carbocycles. The Morgan fingerprint density at radius 1 is 1.31 bits per heavy atom. The lowest BCUT2D eigenvalue weighted by atomic mass is 9.99. The summed E-state index contributed by atoms with van der Waals surface area (Å²) in [6.07, 6.45) is 6.33. The molecule has 4 heterocycles. The molecule has 1 amide bonds. The first kappa shape index (κ1) is 22.4. The quantitative estimate of drug-likeness (QED) is 0.565. The van der Waals surface area contributed by atoms with Crippen LogP contribution < -0.4 is 5.32 Å². The van der Waals surface area contributed by atoms with Crippen molar-refractivity contribution in [2.45, 2.75) is 31.2 Å². The van der Waals surface area contributed by atoms with Gasteiger partial charge in [-0.15, -0.1) is 11.3 Å². The number of pyridine rings is 1. The second kappa shape index (κ2) is 9.76. The highest BCUT2D eigenvalue weighted by molar-refractivity contribution is 7.89. The minimum atomic E-state index is -3.87. The molecule has 1 atom stereocenters. The van der Waals surface area contributed by atoms with Crippen LogP contribution in [0.25, 0.3) is 12.2 Å². The highest BCUT2D eigenvalue weighted by Crippen LogP contribution is 2.29. The normalized spacial score (nSPS) is 17.6. The van der Waals surface area contributed by atoms with Crippen molar-refractivity contribution in [3.05, 3.63) is 63.9 Å². The van der Waals surface area contributed by atoms with Gasteiger partial charge in [0.1, 0.15) is 5.69 Å². The van der Waals surface area contributed by atoms with Crippen LogP contribution in [0.3, 0.4) is 0 Å². The van der Waals surface area contributed by atoms with Gasteiger partial charge in [0.15, 0.2) is 10.7 Å². The smallest absolute Gasteiger partial charge is 0.248 e. The number of thiophene rings is 1.